The second-order valence-electron chi connectivity index (χ2n) is 3.68. The number of hydrogen-bond acceptors (Lipinski definition) is 3. The van der Waals surface area contributed by atoms with Crippen molar-refractivity contribution in [3.8, 4) is 11.5 Å². The second-order valence-corrected chi connectivity index (χ2v) is 3.68. The Hall–Kier alpha value is -1.71. The minimum atomic E-state index is -0.876. The maximum Gasteiger partial charge on any atom is 0.307 e. The Morgan fingerprint density at radius 2 is 2.12 bits per heavy atom. The highest BCUT2D eigenvalue weighted by molar-refractivity contribution is 5.67. The molecule has 0 amide bonds. The molecule has 0 aliphatic carbocycles. The highest BCUT2D eigenvalue weighted by atomic mass is 16.5. The van der Waals surface area contributed by atoms with E-state index in [9.17, 15) is 4.79 Å². The van der Waals surface area contributed by atoms with E-state index < -0.39 is 5.97 Å². The van der Waals surface area contributed by atoms with Gasteiger partial charge in [-0.25, -0.2) is 0 Å². The summed E-state index contributed by atoms with van der Waals surface area (Å²) >= 11 is 0. The predicted octanol–water partition coefficient (Wildman–Crippen LogP) is 2.25. The normalized spacial score (nSPS) is 11.9. The van der Waals surface area contributed by atoms with Crippen LogP contribution in [0.1, 0.15) is 18.9 Å². The Labute approximate surface area is 94.8 Å². The number of rotatable bonds is 5. The number of aryl methyl sites for hydroxylation is 1. The van der Waals surface area contributed by atoms with Gasteiger partial charge in [0.25, 0.3) is 0 Å². The third-order valence-corrected chi connectivity index (χ3v) is 2.11. The molecule has 1 N–H and O–H groups in total. The largest absolute Gasteiger partial charge is 0.493 e. The Balaban J connectivity index is 2.76. The Kier molecular flexibility index (Phi) is 4.17. The summed E-state index contributed by atoms with van der Waals surface area (Å²) in [7, 11) is 1.56. The first-order chi connectivity index (χ1) is 7.52. The number of carboxylic acid groups (broad SMARTS) is 1. The summed E-state index contributed by atoms with van der Waals surface area (Å²) in [6.07, 6.45) is -0.411. The number of benzene rings is 1. The quantitative estimate of drug-likeness (QED) is 0.833. The van der Waals surface area contributed by atoms with Crippen LogP contribution in [0, 0.1) is 6.92 Å². The van der Waals surface area contributed by atoms with Crippen LogP contribution in [0.5, 0.6) is 11.5 Å². The van der Waals surface area contributed by atoms with Crippen molar-refractivity contribution < 1.29 is 19.4 Å². The van der Waals surface area contributed by atoms with Crippen molar-refractivity contribution in [3.05, 3.63) is 23.8 Å². The zero-order valence-corrected chi connectivity index (χ0v) is 9.69. The lowest BCUT2D eigenvalue weighted by Gasteiger charge is -2.15. The lowest BCUT2D eigenvalue weighted by atomic mass is 10.2. The molecule has 0 bridgehead atoms. The van der Waals surface area contributed by atoms with Crippen LogP contribution in [-0.4, -0.2) is 24.3 Å². The lowest BCUT2D eigenvalue weighted by Crippen LogP contribution is -2.16. The SMILES string of the molecule is COc1cc(C)ccc1OC(C)CC(=O)O. The van der Waals surface area contributed by atoms with E-state index in [0.29, 0.717) is 11.5 Å². The van der Waals surface area contributed by atoms with Gasteiger partial charge in [-0.15, -0.1) is 0 Å². The Bertz CT molecular complexity index is 373. The van der Waals surface area contributed by atoms with Crippen molar-refractivity contribution in [1.82, 2.24) is 0 Å². The standard InChI is InChI=1S/C12H16O4/c1-8-4-5-10(11(6-8)15-3)16-9(2)7-12(13)14/h4-6,9H,7H2,1-3H3,(H,13,14). The number of aliphatic carboxylic acids is 1. The fourth-order valence-electron chi connectivity index (χ4n) is 1.38. The van der Waals surface area contributed by atoms with Crippen LogP contribution in [0.25, 0.3) is 0 Å². The number of ether oxygens (including phenoxy) is 2. The molecule has 4 nitrogen and oxygen atoms in total. The molecular weight excluding hydrogens is 208 g/mol. The summed E-state index contributed by atoms with van der Waals surface area (Å²) in [6, 6.07) is 5.53. The van der Waals surface area contributed by atoms with E-state index in [1.165, 1.54) is 0 Å². The number of hydrogen-bond donors (Lipinski definition) is 1. The van der Waals surface area contributed by atoms with Gasteiger partial charge in [-0.1, -0.05) is 6.07 Å². The van der Waals surface area contributed by atoms with Crippen molar-refractivity contribution in [2.45, 2.75) is 26.4 Å². The molecule has 1 aromatic carbocycles. The Morgan fingerprint density at radius 1 is 1.44 bits per heavy atom. The molecule has 0 radical (unpaired) electrons. The summed E-state index contributed by atoms with van der Waals surface area (Å²) in [4.78, 5) is 10.5. The third-order valence-electron chi connectivity index (χ3n) is 2.11. The maximum atomic E-state index is 10.5. The summed E-state index contributed by atoms with van der Waals surface area (Å²) < 4.78 is 10.7. The molecule has 88 valence electrons. The Morgan fingerprint density at radius 3 is 2.69 bits per heavy atom. The minimum Gasteiger partial charge on any atom is -0.493 e. The summed E-state index contributed by atoms with van der Waals surface area (Å²) in [5, 5.41) is 8.62. The molecule has 0 fully saturated rings. The van der Waals surface area contributed by atoms with Gasteiger partial charge in [-0.2, -0.15) is 0 Å². The molecule has 0 saturated carbocycles. The molecule has 1 atom stereocenters. The smallest absolute Gasteiger partial charge is 0.307 e. The first kappa shape index (κ1) is 12.4. The van der Waals surface area contributed by atoms with Crippen LogP contribution in [0.2, 0.25) is 0 Å². The highest BCUT2D eigenvalue weighted by Crippen LogP contribution is 2.28. The van der Waals surface area contributed by atoms with Crippen LogP contribution >= 0.6 is 0 Å². The van der Waals surface area contributed by atoms with E-state index in [-0.39, 0.29) is 12.5 Å². The van der Waals surface area contributed by atoms with Crippen LogP contribution in [0.15, 0.2) is 18.2 Å². The van der Waals surface area contributed by atoms with Gasteiger partial charge in [0, 0.05) is 0 Å². The van der Waals surface area contributed by atoms with E-state index in [2.05, 4.69) is 0 Å². The predicted molar refractivity (Wildman–Crippen MR) is 60.1 cm³/mol. The molecule has 0 saturated heterocycles. The van der Waals surface area contributed by atoms with E-state index in [1.54, 1.807) is 20.1 Å². The fourth-order valence-corrected chi connectivity index (χ4v) is 1.38. The van der Waals surface area contributed by atoms with Gasteiger partial charge < -0.3 is 14.6 Å². The van der Waals surface area contributed by atoms with Gasteiger partial charge in [-0.3, -0.25) is 4.79 Å². The number of carbonyl (C=O) groups is 1. The molecule has 4 heteroatoms. The molecule has 16 heavy (non-hydrogen) atoms. The summed E-state index contributed by atoms with van der Waals surface area (Å²) in [6.45, 7) is 3.67. The summed E-state index contributed by atoms with van der Waals surface area (Å²) in [5.74, 6) is 0.317. The molecule has 0 aromatic heterocycles. The van der Waals surface area contributed by atoms with Gasteiger partial charge in [-0.05, 0) is 31.5 Å². The molecule has 0 aliphatic rings. The van der Waals surface area contributed by atoms with E-state index in [4.69, 9.17) is 14.6 Å². The van der Waals surface area contributed by atoms with Gasteiger partial charge in [0.05, 0.1) is 13.5 Å². The van der Waals surface area contributed by atoms with Gasteiger partial charge >= 0.3 is 5.97 Å². The molecule has 1 aromatic rings. The van der Waals surface area contributed by atoms with Crippen molar-refractivity contribution in [2.24, 2.45) is 0 Å². The summed E-state index contributed by atoms with van der Waals surface area (Å²) in [5.41, 5.74) is 1.06. The fraction of sp³-hybridized carbons (Fsp3) is 0.417. The zero-order chi connectivity index (χ0) is 12.1. The zero-order valence-electron chi connectivity index (χ0n) is 9.69. The molecule has 1 unspecified atom stereocenters. The van der Waals surface area contributed by atoms with Crippen molar-refractivity contribution in [1.29, 1.82) is 0 Å². The average molecular weight is 224 g/mol. The first-order valence-corrected chi connectivity index (χ1v) is 5.06. The van der Waals surface area contributed by atoms with Gasteiger partial charge in [0.2, 0.25) is 0 Å². The van der Waals surface area contributed by atoms with Crippen LogP contribution in [0.3, 0.4) is 0 Å². The second kappa shape index (κ2) is 5.39. The lowest BCUT2D eigenvalue weighted by molar-refractivity contribution is -0.138. The average Bonchev–Trinajstić information content (AvgIpc) is 2.19. The maximum absolute atomic E-state index is 10.5. The van der Waals surface area contributed by atoms with Gasteiger partial charge in [0.1, 0.15) is 6.10 Å². The number of carboxylic acids is 1. The van der Waals surface area contributed by atoms with E-state index in [1.807, 2.05) is 19.1 Å². The monoisotopic (exact) mass is 224 g/mol. The van der Waals surface area contributed by atoms with E-state index >= 15 is 0 Å². The number of methoxy groups -OCH3 is 1. The van der Waals surface area contributed by atoms with Crippen LogP contribution in [-0.2, 0) is 4.79 Å². The van der Waals surface area contributed by atoms with Crippen molar-refractivity contribution in [2.75, 3.05) is 7.11 Å². The van der Waals surface area contributed by atoms with E-state index in [0.717, 1.165) is 5.56 Å². The van der Waals surface area contributed by atoms with Crippen LogP contribution < -0.4 is 9.47 Å². The minimum absolute atomic E-state index is 0.0307. The molecule has 0 heterocycles. The molecule has 0 aliphatic heterocycles. The van der Waals surface area contributed by atoms with Gasteiger partial charge in [0.15, 0.2) is 11.5 Å². The molecule has 0 spiro atoms. The third kappa shape index (κ3) is 3.46. The first-order valence-electron chi connectivity index (χ1n) is 5.06. The van der Waals surface area contributed by atoms with Crippen molar-refractivity contribution in [3.63, 3.8) is 0 Å². The van der Waals surface area contributed by atoms with Crippen molar-refractivity contribution >= 4 is 5.97 Å². The topological polar surface area (TPSA) is 55.8 Å². The highest BCUT2D eigenvalue weighted by Gasteiger charge is 2.12. The molecular formula is C12H16O4. The molecule has 1 rings (SSSR count). The van der Waals surface area contributed by atoms with Crippen LogP contribution in [0.4, 0.5) is 0 Å².